The maximum absolute atomic E-state index is 12.9. The molecule has 0 heterocycles. The molecule has 0 saturated carbocycles. The van der Waals surface area contributed by atoms with E-state index in [-0.39, 0.29) is 16.6 Å². The third-order valence-electron chi connectivity index (χ3n) is 1.38. The maximum Gasteiger partial charge on any atom is 0.217 e. The molecule has 1 nitrogen and oxygen atoms in total. The average molecular weight is 220 g/mol. The molecule has 0 aliphatic carbocycles. The zero-order valence-electron chi connectivity index (χ0n) is 6.46. The van der Waals surface area contributed by atoms with Crippen LogP contribution in [0.1, 0.15) is 5.56 Å². The minimum absolute atomic E-state index is 0.00339. The number of halogens is 2. The van der Waals surface area contributed by atoms with E-state index in [9.17, 15) is 8.78 Å². The number of thiocarbonyl (C=S) groups is 1. The Morgan fingerprint density at radius 1 is 1.46 bits per heavy atom. The Balaban J connectivity index is 2.77. The Labute approximate surface area is 85.1 Å². The lowest BCUT2D eigenvalue weighted by atomic mass is 10.2. The largest absolute Gasteiger partial charge is 0.474 e. The Bertz CT molecular complexity index is 328. The highest BCUT2D eigenvalue weighted by Gasteiger charge is 2.07. The van der Waals surface area contributed by atoms with Crippen molar-refractivity contribution in [1.82, 2.24) is 0 Å². The summed E-state index contributed by atoms with van der Waals surface area (Å²) in [6, 6.07) is 3.86. The van der Waals surface area contributed by atoms with Crippen molar-refractivity contribution >= 4 is 29.2 Å². The van der Waals surface area contributed by atoms with Crippen LogP contribution in [0.3, 0.4) is 0 Å². The van der Waals surface area contributed by atoms with Gasteiger partial charge in [-0.3, -0.25) is 0 Å². The Morgan fingerprint density at radius 3 is 2.77 bits per heavy atom. The molecule has 0 N–H and O–H groups in total. The number of thiol groups is 1. The van der Waals surface area contributed by atoms with Crippen molar-refractivity contribution in [3.8, 4) is 0 Å². The van der Waals surface area contributed by atoms with Gasteiger partial charge in [-0.25, -0.2) is 8.78 Å². The molecule has 1 aromatic carbocycles. The third-order valence-corrected chi connectivity index (χ3v) is 1.63. The fraction of sp³-hybridized carbons (Fsp3) is 0.125. The van der Waals surface area contributed by atoms with E-state index in [1.807, 2.05) is 0 Å². The van der Waals surface area contributed by atoms with Crippen molar-refractivity contribution in [2.45, 2.75) is 6.61 Å². The van der Waals surface area contributed by atoms with E-state index in [0.717, 1.165) is 6.07 Å². The van der Waals surface area contributed by atoms with Gasteiger partial charge in [-0.05, 0) is 18.3 Å². The average Bonchev–Trinajstić information content (AvgIpc) is 2.07. The Morgan fingerprint density at radius 2 is 2.15 bits per heavy atom. The standard InChI is InChI=1S/C8H6F2OS2/c9-6-3-1-2-5(7(6)10)4-11-8(12)13/h1-3H,4H2,(H,12,13). The summed E-state index contributed by atoms with van der Waals surface area (Å²) in [6.07, 6.45) is 0. The number of rotatable bonds is 2. The smallest absolute Gasteiger partial charge is 0.217 e. The molecule has 0 spiro atoms. The second-order valence-electron chi connectivity index (χ2n) is 2.27. The molecule has 0 aliphatic rings. The zero-order valence-corrected chi connectivity index (χ0v) is 8.17. The predicted molar refractivity (Wildman–Crippen MR) is 52.7 cm³/mol. The number of benzene rings is 1. The van der Waals surface area contributed by atoms with Gasteiger partial charge in [0.05, 0.1) is 0 Å². The number of hydrogen-bond donors (Lipinski definition) is 1. The summed E-state index contributed by atoms with van der Waals surface area (Å²) in [5.41, 5.74) is 0.122. The SMILES string of the molecule is Fc1cccc(COC(=S)S)c1F. The summed E-state index contributed by atoms with van der Waals surface area (Å²) in [5.74, 6) is -1.81. The van der Waals surface area contributed by atoms with Crippen molar-refractivity contribution in [1.29, 1.82) is 0 Å². The highest BCUT2D eigenvalue weighted by atomic mass is 32.1. The molecule has 0 fully saturated rings. The molecule has 0 amide bonds. The van der Waals surface area contributed by atoms with Gasteiger partial charge in [-0.1, -0.05) is 24.8 Å². The van der Waals surface area contributed by atoms with E-state index in [0.29, 0.717) is 0 Å². The molecule has 5 heteroatoms. The summed E-state index contributed by atoms with van der Waals surface area (Å²) >= 11 is 8.18. The third kappa shape index (κ3) is 2.93. The van der Waals surface area contributed by atoms with Crippen LogP contribution < -0.4 is 0 Å². The normalized spacial score (nSPS) is 9.77. The van der Waals surface area contributed by atoms with Gasteiger partial charge in [0.2, 0.25) is 4.38 Å². The molecule has 0 unspecified atom stereocenters. The topological polar surface area (TPSA) is 9.23 Å². The minimum Gasteiger partial charge on any atom is -0.474 e. The molecule has 0 radical (unpaired) electrons. The van der Waals surface area contributed by atoms with E-state index in [1.54, 1.807) is 0 Å². The Kier molecular flexibility index (Phi) is 3.62. The van der Waals surface area contributed by atoms with E-state index in [2.05, 4.69) is 24.8 Å². The van der Waals surface area contributed by atoms with Crippen LogP contribution in [-0.2, 0) is 11.3 Å². The molecule has 0 bridgehead atoms. The quantitative estimate of drug-likeness (QED) is 0.606. The predicted octanol–water partition coefficient (Wildman–Crippen LogP) is 2.70. The van der Waals surface area contributed by atoms with Gasteiger partial charge in [0.15, 0.2) is 11.6 Å². The fourth-order valence-corrected chi connectivity index (χ4v) is 0.923. The van der Waals surface area contributed by atoms with Gasteiger partial charge in [0.1, 0.15) is 6.61 Å². The summed E-state index contributed by atoms with van der Waals surface area (Å²) in [5, 5.41) is 0. The lowest BCUT2D eigenvalue weighted by Crippen LogP contribution is -1.99. The monoisotopic (exact) mass is 220 g/mol. The van der Waals surface area contributed by atoms with Gasteiger partial charge < -0.3 is 4.74 Å². The van der Waals surface area contributed by atoms with Crippen LogP contribution in [0.25, 0.3) is 0 Å². The molecule has 0 saturated heterocycles. The van der Waals surface area contributed by atoms with Crippen LogP contribution >= 0.6 is 24.8 Å². The maximum atomic E-state index is 12.9. The van der Waals surface area contributed by atoms with Crippen LogP contribution in [0.4, 0.5) is 8.78 Å². The van der Waals surface area contributed by atoms with Gasteiger partial charge in [-0.2, -0.15) is 0 Å². The molecular weight excluding hydrogens is 214 g/mol. The fourth-order valence-electron chi connectivity index (χ4n) is 0.799. The van der Waals surface area contributed by atoms with Crippen molar-refractivity contribution in [3.63, 3.8) is 0 Å². The molecule has 70 valence electrons. The van der Waals surface area contributed by atoms with Crippen LogP contribution in [0.15, 0.2) is 18.2 Å². The van der Waals surface area contributed by atoms with Crippen LogP contribution in [0, 0.1) is 11.6 Å². The Hall–Kier alpha value is -0.680. The molecule has 13 heavy (non-hydrogen) atoms. The molecule has 0 atom stereocenters. The summed E-state index contributed by atoms with van der Waals surface area (Å²) in [7, 11) is 0. The van der Waals surface area contributed by atoms with Crippen molar-refractivity contribution in [3.05, 3.63) is 35.4 Å². The summed E-state index contributed by atoms with van der Waals surface area (Å²) < 4.78 is 30.3. The summed E-state index contributed by atoms with van der Waals surface area (Å²) in [4.78, 5) is 0. The second kappa shape index (κ2) is 4.53. The van der Waals surface area contributed by atoms with Crippen molar-refractivity contribution in [2.24, 2.45) is 0 Å². The molecule has 1 rings (SSSR count). The van der Waals surface area contributed by atoms with Crippen molar-refractivity contribution in [2.75, 3.05) is 0 Å². The van der Waals surface area contributed by atoms with Gasteiger partial charge in [0, 0.05) is 5.56 Å². The number of hydrogen-bond acceptors (Lipinski definition) is 2. The first-order chi connectivity index (χ1) is 6.11. The lowest BCUT2D eigenvalue weighted by Gasteiger charge is -2.04. The van der Waals surface area contributed by atoms with Gasteiger partial charge >= 0.3 is 0 Å². The minimum atomic E-state index is -0.910. The zero-order chi connectivity index (χ0) is 9.84. The van der Waals surface area contributed by atoms with E-state index in [4.69, 9.17) is 4.74 Å². The van der Waals surface area contributed by atoms with Gasteiger partial charge in [0.25, 0.3) is 0 Å². The first-order valence-electron chi connectivity index (χ1n) is 3.40. The van der Waals surface area contributed by atoms with E-state index >= 15 is 0 Å². The number of ether oxygens (including phenoxy) is 1. The molecule has 0 aliphatic heterocycles. The van der Waals surface area contributed by atoms with E-state index < -0.39 is 11.6 Å². The summed E-state index contributed by atoms with van der Waals surface area (Å²) in [6.45, 7) is -0.105. The highest BCUT2D eigenvalue weighted by molar-refractivity contribution is 8.10. The van der Waals surface area contributed by atoms with Crippen LogP contribution in [-0.4, -0.2) is 4.38 Å². The first kappa shape index (κ1) is 10.4. The van der Waals surface area contributed by atoms with E-state index in [1.165, 1.54) is 12.1 Å². The van der Waals surface area contributed by atoms with Gasteiger partial charge in [-0.15, -0.1) is 0 Å². The van der Waals surface area contributed by atoms with Crippen LogP contribution in [0.5, 0.6) is 0 Å². The molecule has 1 aromatic rings. The lowest BCUT2D eigenvalue weighted by molar-refractivity contribution is 0.301. The second-order valence-corrected chi connectivity index (χ2v) is 3.35. The highest BCUT2D eigenvalue weighted by Crippen LogP contribution is 2.12. The first-order valence-corrected chi connectivity index (χ1v) is 4.25. The van der Waals surface area contributed by atoms with Crippen LogP contribution in [0.2, 0.25) is 0 Å². The van der Waals surface area contributed by atoms with Crippen molar-refractivity contribution < 1.29 is 13.5 Å². The molecular formula is C8H6F2OS2. The molecule has 0 aromatic heterocycles.